The van der Waals surface area contributed by atoms with Crippen LogP contribution in [0.15, 0.2) is 78.9 Å². The number of anilines is 1. The topological polar surface area (TPSA) is 59.1 Å². The van der Waals surface area contributed by atoms with Crippen LogP contribution in [0.4, 0.5) is 5.69 Å². The highest BCUT2D eigenvalue weighted by atomic mass is 32.1. The zero-order chi connectivity index (χ0) is 21.1. The molecule has 0 aliphatic heterocycles. The largest absolute Gasteiger partial charge is 0.325 e. The predicted octanol–water partition coefficient (Wildman–Crippen LogP) is 5.64. The number of aromatic nitrogens is 1. The van der Waals surface area contributed by atoms with Gasteiger partial charge in [-0.1, -0.05) is 54.6 Å². The van der Waals surface area contributed by atoms with Crippen LogP contribution in [0, 0.1) is 0 Å². The summed E-state index contributed by atoms with van der Waals surface area (Å²) in [6, 6.07) is 24.8. The Labute approximate surface area is 179 Å². The third kappa shape index (κ3) is 4.02. The Morgan fingerprint density at radius 3 is 2.43 bits per heavy atom. The average Bonchev–Trinajstić information content (AvgIpc) is 3.16. The molecule has 4 nitrogen and oxygen atoms in total. The smallest absolute Gasteiger partial charge is 0.235 e. The Bertz CT molecular complexity index is 1180. The van der Waals surface area contributed by atoms with Gasteiger partial charge in [-0.15, -0.1) is 11.3 Å². The number of fused-ring (bicyclic) bond motifs is 1. The molecule has 0 aliphatic carbocycles. The van der Waals surface area contributed by atoms with Gasteiger partial charge in [-0.25, -0.2) is 4.98 Å². The lowest BCUT2D eigenvalue weighted by Gasteiger charge is -2.28. The molecule has 4 aromatic rings. The number of thiazole rings is 1. The number of carbonyl (C=O) groups excluding carboxylic acids is 2. The molecule has 0 spiro atoms. The molecular weight excluding hydrogens is 392 g/mol. The Morgan fingerprint density at radius 1 is 0.967 bits per heavy atom. The second-order valence-corrected chi connectivity index (χ2v) is 8.66. The van der Waals surface area contributed by atoms with E-state index in [0.717, 1.165) is 20.8 Å². The maximum Gasteiger partial charge on any atom is 0.235 e. The summed E-state index contributed by atoms with van der Waals surface area (Å²) < 4.78 is 1.11. The van der Waals surface area contributed by atoms with Crippen molar-refractivity contribution in [3.8, 4) is 0 Å². The zero-order valence-corrected chi connectivity index (χ0v) is 17.7. The zero-order valence-electron chi connectivity index (χ0n) is 16.9. The molecule has 30 heavy (non-hydrogen) atoms. The van der Waals surface area contributed by atoms with E-state index >= 15 is 0 Å². The van der Waals surface area contributed by atoms with Crippen LogP contribution in [0.5, 0.6) is 0 Å². The fourth-order valence-corrected chi connectivity index (χ4v) is 4.63. The summed E-state index contributed by atoms with van der Waals surface area (Å²) in [4.78, 5) is 30.0. The van der Waals surface area contributed by atoms with E-state index in [1.165, 1.54) is 6.92 Å². The molecule has 0 saturated heterocycles. The van der Waals surface area contributed by atoms with Crippen LogP contribution in [0.2, 0.25) is 0 Å². The molecule has 1 unspecified atom stereocenters. The second kappa shape index (κ2) is 8.20. The van der Waals surface area contributed by atoms with Crippen molar-refractivity contribution in [2.45, 2.75) is 25.7 Å². The molecule has 0 aliphatic rings. The number of Topliss-reactive ketones (excluding diaryl/α,β-unsaturated/α-hetero) is 1. The Hall–Kier alpha value is -3.31. The number of hydrogen-bond donors (Lipinski definition) is 1. The Kier molecular flexibility index (Phi) is 5.46. The summed E-state index contributed by atoms with van der Waals surface area (Å²) in [5.74, 6) is -0.167. The number of para-hydroxylation sites is 1. The molecule has 0 fully saturated rings. The molecule has 3 aromatic carbocycles. The quantitative estimate of drug-likeness (QED) is 0.416. The molecule has 150 valence electrons. The summed E-state index contributed by atoms with van der Waals surface area (Å²) in [7, 11) is 0. The van der Waals surface area contributed by atoms with Crippen LogP contribution in [0.1, 0.15) is 34.8 Å². The molecule has 0 saturated carbocycles. The van der Waals surface area contributed by atoms with E-state index < -0.39 is 5.41 Å². The number of ketones is 1. The molecule has 1 N–H and O–H groups in total. The molecule has 1 amide bonds. The lowest BCUT2D eigenvalue weighted by Crippen LogP contribution is -2.39. The molecule has 1 atom stereocenters. The van der Waals surface area contributed by atoms with E-state index in [-0.39, 0.29) is 11.7 Å². The highest BCUT2D eigenvalue weighted by Crippen LogP contribution is 2.33. The van der Waals surface area contributed by atoms with E-state index in [1.807, 2.05) is 61.5 Å². The molecule has 1 aromatic heterocycles. The summed E-state index contributed by atoms with van der Waals surface area (Å²) >= 11 is 1.61. The van der Waals surface area contributed by atoms with Crippen molar-refractivity contribution in [3.63, 3.8) is 0 Å². The number of nitrogens with zero attached hydrogens (tertiary/aromatic N) is 1. The minimum Gasteiger partial charge on any atom is -0.325 e. The van der Waals surface area contributed by atoms with Gasteiger partial charge in [-0.2, -0.15) is 0 Å². The van der Waals surface area contributed by atoms with Gasteiger partial charge in [0, 0.05) is 17.7 Å². The maximum atomic E-state index is 13.5. The molecule has 4 rings (SSSR count). The third-order valence-electron chi connectivity index (χ3n) is 5.28. The highest BCUT2D eigenvalue weighted by Gasteiger charge is 2.36. The fraction of sp³-hybridized carbons (Fsp3) is 0.160. The summed E-state index contributed by atoms with van der Waals surface area (Å²) in [5.41, 5.74) is 2.23. The van der Waals surface area contributed by atoms with Gasteiger partial charge in [0.2, 0.25) is 5.91 Å². The number of nitrogens with one attached hydrogen (secondary N) is 1. The van der Waals surface area contributed by atoms with Crippen molar-refractivity contribution in [3.05, 3.63) is 95.0 Å². The summed E-state index contributed by atoms with van der Waals surface area (Å²) in [6.45, 7) is 3.46. The van der Waals surface area contributed by atoms with E-state index in [0.29, 0.717) is 17.7 Å². The van der Waals surface area contributed by atoms with Crippen molar-refractivity contribution < 1.29 is 9.59 Å². The van der Waals surface area contributed by atoms with Gasteiger partial charge < -0.3 is 5.32 Å². The van der Waals surface area contributed by atoms with Crippen LogP contribution in [-0.4, -0.2) is 16.7 Å². The van der Waals surface area contributed by atoms with Crippen molar-refractivity contribution in [2.75, 3.05) is 5.32 Å². The van der Waals surface area contributed by atoms with Gasteiger partial charge in [-0.05, 0) is 43.7 Å². The molecule has 5 heteroatoms. The maximum absolute atomic E-state index is 13.5. The molecule has 0 bridgehead atoms. The van der Waals surface area contributed by atoms with E-state index in [2.05, 4.69) is 5.32 Å². The number of amides is 1. The third-order valence-corrected chi connectivity index (χ3v) is 6.32. The van der Waals surface area contributed by atoms with E-state index in [9.17, 15) is 9.59 Å². The first-order chi connectivity index (χ1) is 14.5. The van der Waals surface area contributed by atoms with Crippen LogP contribution >= 0.6 is 11.3 Å². The van der Waals surface area contributed by atoms with Crippen LogP contribution in [0.3, 0.4) is 0 Å². The van der Waals surface area contributed by atoms with Gasteiger partial charge in [0.1, 0.15) is 0 Å². The number of hydrogen-bond acceptors (Lipinski definition) is 4. The predicted molar refractivity (Wildman–Crippen MR) is 122 cm³/mol. The number of carbonyl (C=O) groups is 2. The van der Waals surface area contributed by atoms with Gasteiger partial charge in [-0.3, -0.25) is 9.59 Å². The van der Waals surface area contributed by atoms with Gasteiger partial charge in [0.05, 0.1) is 20.6 Å². The summed E-state index contributed by atoms with van der Waals surface area (Å²) in [5, 5.41) is 3.93. The normalized spacial score (nSPS) is 13.0. The van der Waals surface area contributed by atoms with Gasteiger partial charge in [0.15, 0.2) is 5.78 Å². The first-order valence-corrected chi connectivity index (χ1v) is 10.6. The number of benzene rings is 3. The summed E-state index contributed by atoms with van der Waals surface area (Å²) in [6.07, 6.45) is 0.481. The van der Waals surface area contributed by atoms with Crippen LogP contribution < -0.4 is 5.32 Å². The molecule has 0 radical (unpaired) electrons. The van der Waals surface area contributed by atoms with Crippen molar-refractivity contribution in [1.29, 1.82) is 0 Å². The fourth-order valence-electron chi connectivity index (χ4n) is 3.50. The highest BCUT2D eigenvalue weighted by molar-refractivity contribution is 7.18. The van der Waals surface area contributed by atoms with Crippen LogP contribution in [-0.2, 0) is 16.6 Å². The standard InChI is InChI=1S/C25H22N2O2S/c1-17(28)18-9-8-12-20(15-18)26-24(29)25(2,19-10-4-3-5-11-19)16-23-27-21-13-6-7-14-22(21)30-23/h3-15H,16H2,1-2H3,(H,26,29). The second-order valence-electron chi connectivity index (χ2n) is 7.54. The lowest BCUT2D eigenvalue weighted by molar-refractivity contribution is -0.121. The van der Waals surface area contributed by atoms with Crippen LogP contribution in [0.25, 0.3) is 10.2 Å². The van der Waals surface area contributed by atoms with Crippen molar-refractivity contribution >= 4 is 38.9 Å². The SMILES string of the molecule is CC(=O)c1cccc(NC(=O)C(C)(Cc2nc3ccccc3s2)c2ccccc2)c1. The molecular formula is C25H22N2O2S. The Balaban J connectivity index is 1.69. The van der Waals surface area contributed by atoms with E-state index in [4.69, 9.17) is 4.98 Å². The Morgan fingerprint density at radius 2 is 1.70 bits per heavy atom. The lowest BCUT2D eigenvalue weighted by atomic mass is 9.78. The van der Waals surface area contributed by atoms with Gasteiger partial charge in [0.25, 0.3) is 0 Å². The van der Waals surface area contributed by atoms with Crippen molar-refractivity contribution in [2.24, 2.45) is 0 Å². The van der Waals surface area contributed by atoms with E-state index in [1.54, 1.807) is 35.6 Å². The minimum atomic E-state index is -0.818. The minimum absolute atomic E-state index is 0.0357. The number of rotatable bonds is 6. The first kappa shape index (κ1) is 20.0. The monoisotopic (exact) mass is 414 g/mol. The van der Waals surface area contributed by atoms with Gasteiger partial charge >= 0.3 is 0 Å². The first-order valence-electron chi connectivity index (χ1n) is 9.78. The van der Waals surface area contributed by atoms with Crippen molar-refractivity contribution in [1.82, 2.24) is 4.98 Å². The average molecular weight is 415 g/mol. The molecule has 1 heterocycles.